The molecule has 1 aromatic rings. The standard InChI is InChI=1S/C11H15NO4S/c1-7(13)8(2)17-11-6-9(16-3)4-5-10(11)12(14)15/h4-8,13H,1-3H3. The molecule has 0 fully saturated rings. The van der Waals surface area contributed by atoms with E-state index in [1.165, 1.54) is 24.9 Å². The fourth-order valence-corrected chi connectivity index (χ4v) is 2.21. The normalized spacial score (nSPS) is 14.1. The number of nitrogens with zero attached hydrogens (tertiary/aromatic N) is 1. The molecule has 17 heavy (non-hydrogen) atoms. The molecule has 0 saturated heterocycles. The third-order valence-corrected chi connectivity index (χ3v) is 3.70. The molecule has 1 aromatic carbocycles. The van der Waals surface area contributed by atoms with Crippen molar-refractivity contribution in [2.24, 2.45) is 0 Å². The first-order chi connectivity index (χ1) is 7.95. The maximum atomic E-state index is 10.9. The number of hydrogen-bond donors (Lipinski definition) is 1. The van der Waals surface area contributed by atoms with Gasteiger partial charge >= 0.3 is 0 Å². The molecular weight excluding hydrogens is 242 g/mol. The minimum absolute atomic E-state index is 0.0308. The lowest BCUT2D eigenvalue weighted by Crippen LogP contribution is -2.15. The van der Waals surface area contributed by atoms with Gasteiger partial charge in [0, 0.05) is 17.4 Å². The molecule has 0 radical (unpaired) electrons. The Kier molecular flexibility index (Phi) is 4.77. The number of hydrogen-bond acceptors (Lipinski definition) is 5. The molecule has 0 bridgehead atoms. The summed E-state index contributed by atoms with van der Waals surface area (Å²) in [4.78, 5) is 10.9. The van der Waals surface area contributed by atoms with E-state index >= 15 is 0 Å². The van der Waals surface area contributed by atoms with Gasteiger partial charge in [0.25, 0.3) is 5.69 Å². The Labute approximate surface area is 104 Å². The summed E-state index contributed by atoms with van der Waals surface area (Å²) in [6, 6.07) is 4.58. The Morgan fingerprint density at radius 2 is 2.12 bits per heavy atom. The second-order valence-electron chi connectivity index (χ2n) is 3.65. The van der Waals surface area contributed by atoms with Crippen molar-refractivity contribution < 1.29 is 14.8 Å². The molecule has 0 aliphatic heterocycles. The number of methoxy groups -OCH3 is 1. The van der Waals surface area contributed by atoms with E-state index in [2.05, 4.69) is 0 Å². The van der Waals surface area contributed by atoms with Gasteiger partial charge < -0.3 is 9.84 Å². The van der Waals surface area contributed by atoms with E-state index in [0.717, 1.165) is 0 Å². The number of ether oxygens (including phenoxy) is 1. The lowest BCUT2D eigenvalue weighted by atomic mass is 10.3. The van der Waals surface area contributed by atoms with Crippen molar-refractivity contribution in [3.8, 4) is 5.75 Å². The van der Waals surface area contributed by atoms with Crippen LogP contribution in [0.25, 0.3) is 0 Å². The van der Waals surface area contributed by atoms with Crippen LogP contribution in [0.5, 0.6) is 5.75 Å². The zero-order valence-electron chi connectivity index (χ0n) is 9.91. The van der Waals surface area contributed by atoms with E-state index in [1.807, 2.05) is 6.92 Å². The number of aliphatic hydroxyl groups is 1. The van der Waals surface area contributed by atoms with Gasteiger partial charge in [0.15, 0.2) is 0 Å². The van der Waals surface area contributed by atoms with Gasteiger partial charge in [0.1, 0.15) is 5.75 Å². The molecule has 6 heteroatoms. The topological polar surface area (TPSA) is 72.6 Å². The van der Waals surface area contributed by atoms with E-state index in [1.54, 1.807) is 19.1 Å². The van der Waals surface area contributed by atoms with Crippen molar-refractivity contribution in [1.82, 2.24) is 0 Å². The second-order valence-corrected chi connectivity index (χ2v) is 5.07. The van der Waals surface area contributed by atoms with E-state index < -0.39 is 11.0 Å². The monoisotopic (exact) mass is 257 g/mol. The van der Waals surface area contributed by atoms with Crippen molar-refractivity contribution in [2.45, 2.75) is 30.1 Å². The van der Waals surface area contributed by atoms with Crippen LogP contribution in [0.1, 0.15) is 13.8 Å². The molecule has 2 unspecified atom stereocenters. The first kappa shape index (κ1) is 13.8. The Balaban J connectivity index is 3.05. The van der Waals surface area contributed by atoms with Crippen molar-refractivity contribution in [2.75, 3.05) is 7.11 Å². The Morgan fingerprint density at radius 3 is 2.59 bits per heavy atom. The maximum absolute atomic E-state index is 10.9. The van der Waals surface area contributed by atoms with E-state index in [4.69, 9.17) is 4.74 Å². The molecule has 0 heterocycles. The predicted octanol–water partition coefficient (Wildman–Crippen LogP) is 2.46. The van der Waals surface area contributed by atoms with Crippen molar-refractivity contribution >= 4 is 17.4 Å². The molecule has 2 atom stereocenters. The van der Waals surface area contributed by atoms with Crippen molar-refractivity contribution in [3.63, 3.8) is 0 Å². The van der Waals surface area contributed by atoms with Gasteiger partial charge in [-0.2, -0.15) is 0 Å². The van der Waals surface area contributed by atoms with Gasteiger partial charge in [0.05, 0.1) is 23.0 Å². The fraction of sp³-hybridized carbons (Fsp3) is 0.455. The smallest absolute Gasteiger partial charge is 0.283 e. The summed E-state index contributed by atoms with van der Waals surface area (Å²) >= 11 is 1.26. The third kappa shape index (κ3) is 3.61. The average Bonchev–Trinajstić information content (AvgIpc) is 2.28. The van der Waals surface area contributed by atoms with Crippen molar-refractivity contribution in [3.05, 3.63) is 28.3 Å². The Hall–Kier alpha value is -1.27. The number of nitro groups is 1. The molecule has 0 amide bonds. The second kappa shape index (κ2) is 5.88. The lowest BCUT2D eigenvalue weighted by Gasteiger charge is -2.14. The van der Waals surface area contributed by atoms with E-state index in [-0.39, 0.29) is 10.9 Å². The number of aliphatic hydroxyl groups excluding tert-OH is 1. The minimum Gasteiger partial charge on any atom is -0.497 e. The first-order valence-electron chi connectivity index (χ1n) is 5.13. The zero-order chi connectivity index (χ0) is 13.0. The SMILES string of the molecule is COc1ccc([N+](=O)[O-])c(SC(C)C(C)O)c1. The molecule has 0 spiro atoms. The van der Waals surface area contributed by atoms with Crippen LogP contribution in [-0.2, 0) is 0 Å². The van der Waals surface area contributed by atoms with Crippen LogP contribution < -0.4 is 4.74 Å². The van der Waals surface area contributed by atoms with Gasteiger partial charge in [-0.25, -0.2) is 0 Å². The molecule has 1 N–H and O–H groups in total. The highest BCUT2D eigenvalue weighted by molar-refractivity contribution is 8.00. The van der Waals surface area contributed by atoms with Gasteiger partial charge in [-0.05, 0) is 13.0 Å². The van der Waals surface area contributed by atoms with Crippen LogP contribution in [0.4, 0.5) is 5.69 Å². The Bertz CT molecular complexity index is 408. The van der Waals surface area contributed by atoms with Crippen LogP contribution in [0.2, 0.25) is 0 Å². The summed E-state index contributed by atoms with van der Waals surface area (Å²) in [6.45, 7) is 3.47. The van der Waals surface area contributed by atoms with E-state index in [0.29, 0.717) is 10.6 Å². The van der Waals surface area contributed by atoms with E-state index in [9.17, 15) is 15.2 Å². The lowest BCUT2D eigenvalue weighted by molar-refractivity contribution is -0.387. The van der Waals surface area contributed by atoms with Crippen molar-refractivity contribution in [1.29, 1.82) is 0 Å². The summed E-state index contributed by atoms with van der Waals surface area (Å²) in [5.41, 5.74) is 0.0308. The summed E-state index contributed by atoms with van der Waals surface area (Å²) in [5.74, 6) is 0.566. The summed E-state index contributed by atoms with van der Waals surface area (Å²) in [5, 5.41) is 20.2. The van der Waals surface area contributed by atoms with Gasteiger partial charge in [-0.3, -0.25) is 10.1 Å². The summed E-state index contributed by atoms with van der Waals surface area (Å²) in [6.07, 6.45) is -0.536. The first-order valence-corrected chi connectivity index (χ1v) is 6.00. The predicted molar refractivity (Wildman–Crippen MR) is 66.6 cm³/mol. The van der Waals surface area contributed by atoms with Crippen LogP contribution >= 0.6 is 11.8 Å². The average molecular weight is 257 g/mol. The molecular formula is C11H15NO4S. The molecule has 1 rings (SSSR count). The van der Waals surface area contributed by atoms with Crippen LogP contribution in [-0.4, -0.2) is 28.5 Å². The fourth-order valence-electron chi connectivity index (χ4n) is 1.17. The van der Waals surface area contributed by atoms with Crippen LogP contribution in [0.15, 0.2) is 23.1 Å². The molecule has 0 aromatic heterocycles. The van der Waals surface area contributed by atoms with Gasteiger partial charge in [-0.15, -0.1) is 11.8 Å². The number of benzene rings is 1. The quantitative estimate of drug-likeness (QED) is 0.498. The summed E-state index contributed by atoms with van der Waals surface area (Å²) in [7, 11) is 1.51. The number of thioether (sulfide) groups is 1. The molecule has 0 aliphatic rings. The molecule has 94 valence electrons. The number of rotatable bonds is 5. The van der Waals surface area contributed by atoms with Crippen LogP contribution in [0, 0.1) is 10.1 Å². The highest BCUT2D eigenvalue weighted by Crippen LogP contribution is 2.35. The Morgan fingerprint density at radius 1 is 1.47 bits per heavy atom. The minimum atomic E-state index is -0.536. The largest absolute Gasteiger partial charge is 0.497 e. The summed E-state index contributed by atoms with van der Waals surface area (Å²) < 4.78 is 5.03. The molecule has 0 saturated carbocycles. The van der Waals surface area contributed by atoms with Gasteiger partial charge in [-0.1, -0.05) is 6.92 Å². The highest BCUT2D eigenvalue weighted by Gasteiger charge is 2.19. The van der Waals surface area contributed by atoms with Gasteiger partial charge in [0.2, 0.25) is 0 Å². The number of nitro benzene ring substituents is 1. The maximum Gasteiger partial charge on any atom is 0.283 e. The molecule has 5 nitrogen and oxygen atoms in total. The molecule has 0 aliphatic carbocycles. The third-order valence-electron chi connectivity index (χ3n) is 2.36. The van der Waals surface area contributed by atoms with Crippen LogP contribution in [0.3, 0.4) is 0 Å². The highest BCUT2D eigenvalue weighted by atomic mass is 32.2. The zero-order valence-corrected chi connectivity index (χ0v) is 10.7.